The fourth-order valence-corrected chi connectivity index (χ4v) is 6.55. The molecule has 5 heteroatoms. The standard InChI is InChI=1S/C31H44O5/c1-20(11-12-22-15-24(33-7)14-21(2)28(22)36-10)13-23(32)17-30(5)19-26-27(35-9)16-25(34-8)18-31(30,6)29(26,3)4/h11,14-16,18,26H,12-13,17,19H2,1-10H3/b20-11+/t26-,30+,31-/m1/s1. The largest absolute Gasteiger partial charge is 0.501 e. The van der Waals surface area contributed by atoms with Gasteiger partial charge >= 0.3 is 0 Å². The Morgan fingerprint density at radius 1 is 1.03 bits per heavy atom. The van der Waals surface area contributed by atoms with Gasteiger partial charge in [-0.15, -0.1) is 0 Å². The molecule has 3 rings (SSSR count). The van der Waals surface area contributed by atoms with Crippen LogP contribution in [0, 0.1) is 29.1 Å². The first-order chi connectivity index (χ1) is 16.9. The van der Waals surface area contributed by atoms with Crippen molar-refractivity contribution in [2.24, 2.45) is 22.2 Å². The quantitative estimate of drug-likeness (QED) is 0.327. The SMILES string of the molecule is COC1=C[C@]2(C)C(C)(C)[C@H](C[C@]2(C)CC(=O)C/C(C)=C/Cc2cc(OC)cc(C)c2OC)C(OC)=C1. The Morgan fingerprint density at radius 3 is 2.31 bits per heavy atom. The van der Waals surface area contributed by atoms with Crippen molar-refractivity contribution in [2.45, 2.75) is 67.2 Å². The topological polar surface area (TPSA) is 54.0 Å². The van der Waals surface area contributed by atoms with Crippen molar-refractivity contribution in [1.29, 1.82) is 0 Å². The van der Waals surface area contributed by atoms with Crippen LogP contribution in [0.4, 0.5) is 0 Å². The maximum atomic E-state index is 13.5. The van der Waals surface area contributed by atoms with Gasteiger partial charge in [0.05, 0.1) is 28.4 Å². The van der Waals surface area contributed by atoms with E-state index in [0.29, 0.717) is 19.3 Å². The number of benzene rings is 1. The van der Waals surface area contributed by atoms with E-state index in [1.54, 1.807) is 28.4 Å². The molecule has 0 saturated heterocycles. The molecule has 0 radical (unpaired) electrons. The third kappa shape index (κ3) is 4.81. The number of carbonyl (C=O) groups excluding carboxylic acids is 1. The first-order valence-corrected chi connectivity index (χ1v) is 12.8. The van der Waals surface area contributed by atoms with Gasteiger partial charge in [-0.1, -0.05) is 39.3 Å². The van der Waals surface area contributed by atoms with Gasteiger partial charge in [0.15, 0.2) is 0 Å². The Hall–Kier alpha value is -2.69. The maximum absolute atomic E-state index is 13.5. The van der Waals surface area contributed by atoms with Crippen LogP contribution >= 0.6 is 0 Å². The Kier molecular flexibility index (Phi) is 8.02. The summed E-state index contributed by atoms with van der Waals surface area (Å²) in [5.74, 6) is 3.90. The Balaban J connectivity index is 1.80. The minimum Gasteiger partial charge on any atom is -0.501 e. The molecule has 0 heterocycles. The summed E-state index contributed by atoms with van der Waals surface area (Å²) in [5, 5.41) is 0. The highest BCUT2D eigenvalue weighted by molar-refractivity contribution is 5.81. The number of carbonyl (C=O) groups is 1. The normalized spacial score (nSPS) is 27.1. The molecule has 0 N–H and O–H groups in total. The van der Waals surface area contributed by atoms with Gasteiger partial charge in [-0.05, 0) is 61.3 Å². The van der Waals surface area contributed by atoms with Gasteiger partial charge in [0, 0.05) is 35.8 Å². The van der Waals surface area contributed by atoms with E-state index in [0.717, 1.165) is 46.1 Å². The molecule has 36 heavy (non-hydrogen) atoms. The molecule has 1 aromatic rings. The zero-order chi connectivity index (χ0) is 26.9. The minimum atomic E-state index is -0.231. The third-order valence-electron chi connectivity index (χ3n) is 9.15. The lowest BCUT2D eigenvalue weighted by Crippen LogP contribution is -2.42. The number of methoxy groups -OCH3 is 4. The van der Waals surface area contributed by atoms with Crippen molar-refractivity contribution < 1.29 is 23.7 Å². The number of hydrogen-bond donors (Lipinski definition) is 0. The summed E-state index contributed by atoms with van der Waals surface area (Å²) >= 11 is 0. The first kappa shape index (κ1) is 27.9. The van der Waals surface area contributed by atoms with Crippen LogP contribution in [0.5, 0.6) is 11.5 Å². The van der Waals surface area contributed by atoms with Crippen LogP contribution < -0.4 is 9.47 Å². The molecule has 0 aromatic heterocycles. The number of rotatable bonds is 10. The highest BCUT2D eigenvalue weighted by Gasteiger charge is 2.64. The molecule has 5 nitrogen and oxygen atoms in total. The summed E-state index contributed by atoms with van der Waals surface area (Å²) in [6, 6.07) is 3.97. The lowest BCUT2D eigenvalue weighted by Gasteiger charge is -2.47. The van der Waals surface area contributed by atoms with Crippen molar-refractivity contribution in [1.82, 2.24) is 0 Å². The summed E-state index contributed by atoms with van der Waals surface area (Å²) in [4.78, 5) is 13.5. The van der Waals surface area contributed by atoms with Crippen LogP contribution in [0.1, 0.15) is 65.0 Å². The monoisotopic (exact) mass is 496 g/mol. The fourth-order valence-electron chi connectivity index (χ4n) is 6.55. The van der Waals surface area contributed by atoms with E-state index in [-0.39, 0.29) is 27.9 Å². The van der Waals surface area contributed by atoms with Gasteiger partial charge < -0.3 is 18.9 Å². The second-order valence-corrected chi connectivity index (χ2v) is 11.5. The molecule has 0 aliphatic heterocycles. The third-order valence-corrected chi connectivity index (χ3v) is 9.15. The van der Waals surface area contributed by atoms with Crippen LogP contribution in [0.2, 0.25) is 0 Å². The number of fused-ring (bicyclic) bond motifs is 2. The van der Waals surface area contributed by atoms with Crippen molar-refractivity contribution >= 4 is 5.78 Å². The van der Waals surface area contributed by atoms with Crippen molar-refractivity contribution in [3.63, 3.8) is 0 Å². The molecular formula is C31H44O5. The number of ketones is 1. The summed E-state index contributed by atoms with van der Waals surface area (Å²) in [6.07, 6.45) is 8.92. The van der Waals surface area contributed by atoms with E-state index in [9.17, 15) is 4.79 Å². The van der Waals surface area contributed by atoms with Crippen LogP contribution in [0.25, 0.3) is 0 Å². The molecule has 2 bridgehead atoms. The summed E-state index contributed by atoms with van der Waals surface area (Å²) < 4.78 is 22.6. The van der Waals surface area contributed by atoms with Gasteiger partial charge in [0.1, 0.15) is 28.8 Å². The molecule has 198 valence electrons. The molecule has 2 aliphatic rings. The molecule has 0 amide bonds. The molecule has 1 saturated carbocycles. The van der Waals surface area contributed by atoms with Crippen LogP contribution in [0.3, 0.4) is 0 Å². The Labute approximate surface area is 217 Å². The number of ether oxygens (including phenoxy) is 4. The highest BCUT2D eigenvalue weighted by atomic mass is 16.5. The Morgan fingerprint density at radius 2 is 1.72 bits per heavy atom. The Bertz CT molecular complexity index is 1090. The molecular weight excluding hydrogens is 452 g/mol. The zero-order valence-corrected chi connectivity index (χ0v) is 23.8. The average Bonchev–Trinajstić information content (AvgIpc) is 2.90. The van der Waals surface area contributed by atoms with Crippen molar-refractivity contribution in [3.05, 3.63) is 58.6 Å². The van der Waals surface area contributed by atoms with Gasteiger partial charge in [-0.25, -0.2) is 0 Å². The average molecular weight is 497 g/mol. The lowest BCUT2D eigenvalue weighted by atomic mass is 9.56. The number of hydrogen-bond acceptors (Lipinski definition) is 5. The van der Waals surface area contributed by atoms with Crippen molar-refractivity contribution in [3.8, 4) is 11.5 Å². The molecule has 1 aromatic carbocycles. The number of allylic oxidation sites excluding steroid dienone is 5. The van der Waals surface area contributed by atoms with Crippen LogP contribution in [0.15, 0.2) is 47.5 Å². The van der Waals surface area contributed by atoms with E-state index >= 15 is 0 Å². The van der Waals surface area contributed by atoms with Gasteiger partial charge in [0.2, 0.25) is 0 Å². The van der Waals surface area contributed by atoms with E-state index in [4.69, 9.17) is 18.9 Å². The smallest absolute Gasteiger partial charge is 0.137 e. The van der Waals surface area contributed by atoms with Gasteiger partial charge in [0.25, 0.3) is 0 Å². The molecule has 0 unspecified atom stereocenters. The predicted octanol–water partition coefficient (Wildman–Crippen LogP) is 6.98. The van der Waals surface area contributed by atoms with E-state index in [2.05, 4.69) is 39.8 Å². The number of aryl methyl sites for hydroxylation is 1. The summed E-state index contributed by atoms with van der Waals surface area (Å²) in [7, 11) is 6.78. The van der Waals surface area contributed by atoms with Gasteiger partial charge in [-0.3, -0.25) is 4.79 Å². The van der Waals surface area contributed by atoms with E-state index < -0.39 is 0 Å². The zero-order valence-electron chi connectivity index (χ0n) is 23.8. The summed E-state index contributed by atoms with van der Waals surface area (Å²) in [6.45, 7) is 13.2. The van der Waals surface area contributed by atoms with Gasteiger partial charge in [-0.2, -0.15) is 0 Å². The lowest BCUT2D eigenvalue weighted by molar-refractivity contribution is -0.122. The van der Waals surface area contributed by atoms with Crippen molar-refractivity contribution in [2.75, 3.05) is 28.4 Å². The molecule has 2 aliphatic carbocycles. The summed E-state index contributed by atoms with van der Waals surface area (Å²) in [5.41, 5.74) is 2.63. The highest BCUT2D eigenvalue weighted by Crippen LogP contribution is 2.70. The fraction of sp³-hybridized carbons (Fsp3) is 0.581. The predicted molar refractivity (Wildman–Crippen MR) is 144 cm³/mol. The van der Waals surface area contributed by atoms with Crippen LogP contribution in [-0.4, -0.2) is 34.2 Å². The van der Waals surface area contributed by atoms with E-state index in [1.165, 1.54) is 0 Å². The minimum absolute atomic E-state index is 0.0875. The van der Waals surface area contributed by atoms with E-state index in [1.807, 2.05) is 32.1 Å². The first-order valence-electron chi connectivity index (χ1n) is 12.8. The molecule has 3 atom stereocenters. The number of Topliss-reactive ketones (excluding diaryl/α,β-unsaturated/α-hetero) is 1. The molecule has 1 fully saturated rings. The molecule has 0 spiro atoms. The second-order valence-electron chi connectivity index (χ2n) is 11.5. The van der Waals surface area contributed by atoms with Crippen LogP contribution in [-0.2, 0) is 20.7 Å². The maximum Gasteiger partial charge on any atom is 0.137 e. The second kappa shape index (κ2) is 10.4.